The molecule has 0 aromatic heterocycles. The molecule has 0 aliphatic heterocycles. The van der Waals surface area contributed by atoms with Crippen molar-refractivity contribution in [2.75, 3.05) is 19.6 Å². The topological polar surface area (TPSA) is 70.2 Å². The van der Waals surface area contributed by atoms with Crippen molar-refractivity contribution in [1.29, 1.82) is 0 Å². The summed E-state index contributed by atoms with van der Waals surface area (Å²) in [6.07, 6.45) is 1.20. The van der Waals surface area contributed by atoms with Crippen LogP contribution in [0.25, 0.3) is 0 Å². The number of carbonyl (C=O) groups is 2. The van der Waals surface area contributed by atoms with Crippen molar-refractivity contribution in [3.05, 3.63) is 71.8 Å². The van der Waals surface area contributed by atoms with E-state index in [0.717, 1.165) is 11.1 Å². The fourth-order valence-electron chi connectivity index (χ4n) is 2.15. The maximum Gasteiger partial charge on any atom is 0.321 e. The van der Waals surface area contributed by atoms with Gasteiger partial charge in [0.2, 0.25) is 5.91 Å². The molecule has 0 fully saturated rings. The second-order valence-corrected chi connectivity index (χ2v) is 5.31. The summed E-state index contributed by atoms with van der Waals surface area (Å²) >= 11 is 0. The fraction of sp³-hybridized carbons (Fsp3) is 0.263. The first kappa shape index (κ1) is 16.2. The highest BCUT2D eigenvalue weighted by Gasteiger charge is 2.06. The van der Waals surface area contributed by atoms with Crippen LogP contribution in [0.3, 0.4) is 0 Å². The van der Waals surface area contributed by atoms with E-state index in [1.54, 1.807) is 0 Å². The molecule has 0 spiro atoms. The molecule has 5 heteroatoms. The minimum absolute atomic E-state index is 0.0763. The summed E-state index contributed by atoms with van der Waals surface area (Å²) in [6, 6.07) is 18.9. The van der Waals surface area contributed by atoms with Gasteiger partial charge in [-0.2, -0.15) is 0 Å². The summed E-state index contributed by atoms with van der Waals surface area (Å²) in [7, 11) is 0. The first-order chi connectivity index (χ1) is 12.1. The number of imide groups is 1. The summed E-state index contributed by atoms with van der Waals surface area (Å²) < 4.78 is 7.90. The second kappa shape index (κ2) is 10.2. The highest BCUT2D eigenvalue weighted by atomic mass is 16.2. The van der Waals surface area contributed by atoms with E-state index in [-0.39, 0.29) is 6.54 Å². The van der Waals surface area contributed by atoms with Gasteiger partial charge in [0.05, 0.1) is 6.54 Å². The second-order valence-electron chi connectivity index (χ2n) is 5.31. The largest absolute Gasteiger partial charge is 0.337 e. The maximum atomic E-state index is 11.7. The number of aryl methyl sites for hydroxylation is 1. The Bertz CT molecular complexity index is 665. The van der Waals surface area contributed by atoms with Gasteiger partial charge in [-0.25, -0.2) is 4.79 Å². The van der Waals surface area contributed by atoms with Crippen molar-refractivity contribution in [2.45, 2.75) is 12.8 Å². The fourth-order valence-corrected chi connectivity index (χ4v) is 2.15. The molecule has 2 rings (SSSR count). The van der Waals surface area contributed by atoms with E-state index >= 15 is 0 Å². The Morgan fingerprint density at radius 1 is 0.875 bits per heavy atom. The van der Waals surface area contributed by atoms with Gasteiger partial charge in [-0.15, -0.1) is 0 Å². The molecule has 0 radical (unpaired) electrons. The van der Waals surface area contributed by atoms with E-state index in [0.29, 0.717) is 19.4 Å². The summed E-state index contributed by atoms with van der Waals surface area (Å²) in [5, 5.41) is 7.69. The van der Waals surface area contributed by atoms with Gasteiger partial charge in [0.1, 0.15) is 0 Å². The normalized spacial score (nSPS) is 12.1. The van der Waals surface area contributed by atoms with E-state index in [1.165, 1.54) is 0 Å². The van der Waals surface area contributed by atoms with E-state index in [9.17, 15) is 9.59 Å². The minimum atomic E-state index is -0.603. The molecule has 1 atom stereocenters. The van der Waals surface area contributed by atoms with Gasteiger partial charge in [-0.1, -0.05) is 60.7 Å². The van der Waals surface area contributed by atoms with Crippen LogP contribution in [0.2, 0.25) is 0 Å². The molecule has 0 bridgehead atoms. The van der Waals surface area contributed by atoms with E-state index < -0.39 is 18.5 Å². The summed E-state index contributed by atoms with van der Waals surface area (Å²) in [5.74, 6) is -0.456. The summed E-state index contributed by atoms with van der Waals surface area (Å²) in [6.45, 7) is -0.229. The molecule has 0 saturated carbocycles. The molecule has 3 amide bonds. The van der Waals surface area contributed by atoms with Crippen LogP contribution in [0.1, 0.15) is 12.5 Å². The number of benzene rings is 2. The van der Waals surface area contributed by atoms with E-state index in [4.69, 9.17) is 1.37 Å². The Morgan fingerprint density at radius 2 is 1.46 bits per heavy atom. The SMILES string of the molecule is [2H]C(Cc1ccccc1)NCC(=O)NC(=O)NCCc1ccccc1. The van der Waals surface area contributed by atoms with Crippen LogP contribution < -0.4 is 16.0 Å². The van der Waals surface area contributed by atoms with Gasteiger partial charge in [0.15, 0.2) is 0 Å². The molecule has 2 aromatic rings. The van der Waals surface area contributed by atoms with E-state index in [1.807, 2.05) is 60.7 Å². The van der Waals surface area contributed by atoms with Crippen LogP contribution >= 0.6 is 0 Å². The zero-order valence-electron chi connectivity index (χ0n) is 14.5. The molecular formula is C19H23N3O2. The smallest absolute Gasteiger partial charge is 0.321 e. The Kier molecular flexibility index (Phi) is 6.87. The molecule has 3 N–H and O–H groups in total. The van der Waals surface area contributed by atoms with Crippen molar-refractivity contribution >= 4 is 11.9 Å². The lowest BCUT2D eigenvalue weighted by atomic mass is 10.1. The first-order valence-corrected chi connectivity index (χ1v) is 7.94. The molecular weight excluding hydrogens is 302 g/mol. The molecule has 24 heavy (non-hydrogen) atoms. The molecule has 5 nitrogen and oxygen atoms in total. The number of hydrogen-bond donors (Lipinski definition) is 3. The van der Waals surface area contributed by atoms with Crippen LogP contribution in [-0.4, -0.2) is 31.5 Å². The predicted octanol–water partition coefficient (Wildman–Crippen LogP) is 1.89. The van der Waals surface area contributed by atoms with E-state index in [2.05, 4.69) is 16.0 Å². The zero-order valence-corrected chi connectivity index (χ0v) is 13.5. The molecule has 0 aliphatic rings. The monoisotopic (exact) mass is 326 g/mol. The molecule has 2 aromatic carbocycles. The number of nitrogens with one attached hydrogen (secondary N) is 3. The maximum absolute atomic E-state index is 11.7. The average Bonchev–Trinajstić information content (AvgIpc) is 2.62. The minimum Gasteiger partial charge on any atom is -0.337 e. The molecule has 1 unspecified atom stereocenters. The number of rotatable bonds is 8. The van der Waals surface area contributed by atoms with Crippen LogP contribution in [0.15, 0.2) is 60.7 Å². The Balaban J connectivity index is 1.60. The van der Waals surface area contributed by atoms with Crippen LogP contribution in [-0.2, 0) is 17.6 Å². The standard InChI is InChI=1S/C19H23N3O2/c23-18(15-20-13-11-16-7-3-1-4-8-16)22-19(24)21-14-12-17-9-5-2-6-10-17/h1-10,20H,11-15H2,(H2,21,22,23,24)/i13D. The average molecular weight is 326 g/mol. The van der Waals surface area contributed by atoms with Gasteiger partial charge in [-0.3, -0.25) is 10.1 Å². The van der Waals surface area contributed by atoms with Gasteiger partial charge < -0.3 is 10.6 Å². The first-order valence-electron chi connectivity index (χ1n) is 8.52. The number of carbonyl (C=O) groups excluding carboxylic acids is 2. The van der Waals surface area contributed by atoms with Crippen molar-refractivity contribution in [3.63, 3.8) is 0 Å². The third-order valence-corrected chi connectivity index (χ3v) is 3.38. The molecule has 0 heterocycles. The van der Waals surface area contributed by atoms with Gasteiger partial charge >= 0.3 is 6.03 Å². The quantitative estimate of drug-likeness (QED) is 0.694. The van der Waals surface area contributed by atoms with Crippen molar-refractivity contribution in [3.8, 4) is 0 Å². The van der Waals surface area contributed by atoms with Crippen LogP contribution in [0.4, 0.5) is 4.79 Å². The molecule has 0 saturated heterocycles. The lowest BCUT2D eigenvalue weighted by Gasteiger charge is -2.08. The lowest BCUT2D eigenvalue weighted by Crippen LogP contribution is -2.44. The third kappa shape index (κ3) is 7.07. The summed E-state index contributed by atoms with van der Waals surface area (Å²) in [5.41, 5.74) is 2.14. The lowest BCUT2D eigenvalue weighted by molar-refractivity contribution is -0.119. The van der Waals surface area contributed by atoms with Crippen molar-refractivity contribution in [2.24, 2.45) is 0 Å². The summed E-state index contributed by atoms with van der Waals surface area (Å²) in [4.78, 5) is 23.4. The van der Waals surface area contributed by atoms with Crippen molar-refractivity contribution in [1.82, 2.24) is 16.0 Å². The zero-order chi connectivity index (χ0) is 17.9. The van der Waals surface area contributed by atoms with Crippen LogP contribution in [0.5, 0.6) is 0 Å². The molecule has 126 valence electrons. The van der Waals surface area contributed by atoms with Crippen molar-refractivity contribution < 1.29 is 11.0 Å². The Morgan fingerprint density at radius 3 is 2.08 bits per heavy atom. The van der Waals surface area contributed by atoms with Gasteiger partial charge in [0.25, 0.3) is 0 Å². The number of amides is 3. The highest BCUT2D eigenvalue weighted by molar-refractivity contribution is 5.95. The van der Waals surface area contributed by atoms with Gasteiger partial charge in [0, 0.05) is 7.92 Å². The predicted molar refractivity (Wildman–Crippen MR) is 94.7 cm³/mol. The Labute approximate surface area is 143 Å². The highest BCUT2D eigenvalue weighted by Crippen LogP contribution is 1.98. The third-order valence-electron chi connectivity index (χ3n) is 3.38. The van der Waals surface area contributed by atoms with Gasteiger partial charge in [-0.05, 0) is 30.5 Å². The van der Waals surface area contributed by atoms with Crippen LogP contribution in [0, 0.1) is 0 Å². The number of urea groups is 1. The Hall–Kier alpha value is -2.66. The number of hydrogen-bond acceptors (Lipinski definition) is 3. The molecule has 0 aliphatic carbocycles.